The molecule has 0 aliphatic carbocycles. The van der Waals surface area contributed by atoms with Gasteiger partial charge in [-0.3, -0.25) is 9.59 Å². The molecule has 0 saturated carbocycles. The fourth-order valence-corrected chi connectivity index (χ4v) is 3.01. The van der Waals surface area contributed by atoms with Crippen molar-refractivity contribution in [3.63, 3.8) is 0 Å². The second-order valence-electron chi connectivity index (χ2n) is 6.17. The van der Waals surface area contributed by atoms with Crippen LogP contribution in [0.25, 0.3) is 10.8 Å². The summed E-state index contributed by atoms with van der Waals surface area (Å²) in [6.07, 6.45) is 2.76. The first kappa shape index (κ1) is 14.8. The molecular formula is C17H19FN2O2. The molecule has 1 fully saturated rings. The number of hydrogen-bond donors (Lipinski definition) is 0. The number of carbonyl (C=O) groups excluding carboxylic acids is 1. The van der Waals surface area contributed by atoms with Crippen LogP contribution in [0.2, 0.25) is 0 Å². The average Bonchev–Trinajstić information content (AvgIpc) is 2.49. The number of pyridine rings is 1. The lowest BCUT2D eigenvalue weighted by molar-refractivity contribution is -0.135. The maximum Gasteiger partial charge on any atom is 0.258 e. The van der Waals surface area contributed by atoms with E-state index in [4.69, 9.17) is 0 Å². The Morgan fingerprint density at radius 3 is 2.86 bits per heavy atom. The summed E-state index contributed by atoms with van der Waals surface area (Å²) in [5.74, 6) is -0.207. The second-order valence-corrected chi connectivity index (χ2v) is 6.17. The van der Waals surface area contributed by atoms with Gasteiger partial charge in [0.2, 0.25) is 5.91 Å². The lowest BCUT2D eigenvalue weighted by Crippen LogP contribution is -2.48. The van der Waals surface area contributed by atoms with Crippen LogP contribution in [0.15, 0.2) is 41.3 Å². The van der Waals surface area contributed by atoms with E-state index in [1.807, 2.05) is 18.2 Å². The minimum atomic E-state index is -1.33. The lowest BCUT2D eigenvalue weighted by atomic mass is 9.97. The maximum absolute atomic E-state index is 14.0. The molecule has 1 unspecified atom stereocenters. The third-order valence-electron chi connectivity index (χ3n) is 4.19. The largest absolute Gasteiger partial charge is 0.338 e. The van der Waals surface area contributed by atoms with Crippen molar-refractivity contribution in [1.82, 2.24) is 9.47 Å². The smallest absolute Gasteiger partial charge is 0.258 e. The molecule has 3 rings (SSSR count). The lowest BCUT2D eigenvalue weighted by Gasteiger charge is -2.35. The molecule has 1 amide bonds. The number of hydrogen-bond acceptors (Lipinski definition) is 2. The number of benzene rings is 1. The van der Waals surface area contributed by atoms with Gasteiger partial charge in [-0.2, -0.15) is 0 Å². The maximum atomic E-state index is 14.0. The average molecular weight is 302 g/mol. The fourth-order valence-electron chi connectivity index (χ4n) is 3.01. The summed E-state index contributed by atoms with van der Waals surface area (Å²) in [6, 6.07) is 9.10. The molecule has 4 nitrogen and oxygen atoms in total. The van der Waals surface area contributed by atoms with Gasteiger partial charge in [0.25, 0.3) is 5.56 Å². The minimum absolute atomic E-state index is 0.0419. The normalized spacial score (nSPS) is 22.0. The van der Waals surface area contributed by atoms with Crippen molar-refractivity contribution in [2.24, 2.45) is 0 Å². The highest BCUT2D eigenvalue weighted by molar-refractivity contribution is 5.82. The second kappa shape index (κ2) is 5.55. The van der Waals surface area contributed by atoms with Crippen LogP contribution in [0.4, 0.5) is 4.39 Å². The molecule has 2 heterocycles. The number of rotatable bonds is 2. The third-order valence-corrected chi connectivity index (χ3v) is 4.19. The van der Waals surface area contributed by atoms with Gasteiger partial charge >= 0.3 is 0 Å². The van der Waals surface area contributed by atoms with E-state index < -0.39 is 5.67 Å². The Balaban J connectivity index is 1.82. The van der Waals surface area contributed by atoms with Gasteiger partial charge in [0.1, 0.15) is 12.2 Å². The predicted molar refractivity (Wildman–Crippen MR) is 83.5 cm³/mol. The van der Waals surface area contributed by atoms with Gasteiger partial charge in [-0.25, -0.2) is 4.39 Å². The number of aromatic nitrogens is 1. The van der Waals surface area contributed by atoms with Crippen molar-refractivity contribution < 1.29 is 9.18 Å². The van der Waals surface area contributed by atoms with Crippen LogP contribution < -0.4 is 5.56 Å². The van der Waals surface area contributed by atoms with Crippen LogP contribution in [-0.2, 0) is 11.3 Å². The zero-order valence-corrected chi connectivity index (χ0v) is 12.6. The fraction of sp³-hybridized carbons (Fsp3) is 0.412. The number of piperidine rings is 1. The summed E-state index contributed by atoms with van der Waals surface area (Å²) in [5, 5.41) is 1.44. The molecule has 0 spiro atoms. The summed E-state index contributed by atoms with van der Waals surface area (Å²) < 4.78 is 15.4. The van der Waals surface area contributed by atoms with E-state index in [0.717, 1.165) is 5.39 Å². The van der Waals surface area contributed by atoms with Crippen LogP contribution in [0.3, 0.4) is 0 Å². The standard InChI is InChI=1S/C17H19FN2O2/c1-17(18)8-4-9-20(12-17)15(21)11-19-10-7-13-5-2-3-6-14(13)16(19)22/h2-3,5-7,10H,4,8-9,11-12H2,1H3. The number of alkyl halides is 1. The Morgan fingerprint density at radius 2 is 2.09 bits per heavy atom. The molecule has 1 atom stereocenters. The van der Waals surface area contributed by atoms with Gasteiger partial charge in [0.15, 0.2) is 0 Å². The van der Waals surface area contributed by atoms with Gasteiger partial charge in [-0.15, -0.1) is 0 Å². The first-order valence-electron chi connectivity index (χ1n) is 7.51. The topological polar surface area (TPSA) is 42.3 Å². The first-order valence-corrected chi connectivity index (χ1v) is 7.51. The molecule has 1 saturated heterocycles. The molecule has 1 aliphatic rings. The van der Waals surface area contributed by atoms with Crippen molar-refractivity contribution in [1.29, 1.82) is 0 Å². The molecule has 1 aromatic carbocycles. The van der Waals surface area contributed by atoms with Crippen molar-refractivity contribution in [3.8, 4) is 0 Å². The molecule has 0 bridgehead atoms. The molecule has 1 aromatic heterocycles. The molecule has 0 N–H and O–H groups in total. The number of likely N-dealkylation sites (tertiary alicyclic amines) is 1. The number of carbonyl (C=O) groups is 1. The molecule has 116 valence electrons. The van der Waals surface area contributed by atoms with Crippen molar-refractivity contribution >= 4 is 16.7 Å². The van der Waals surface area contributed by atoms with E-state index >= 15 is 0 Å². The summed E-state index contributed by atoms with van der Waals surface area (Å²) in [6.45, 7) is 2.14. The van der Waals surface area contributed by atoms with Crippen LogP contribution in [0.5, 0.6) is 0 Å². The van der Waals surface area contributed by atoms with E-state index in [0.29, 0.717) is 24.8 Å². The van der Waals surface area contributed by atoms with Crippen molar-refractivity contribution in [3.05, 3.63) is 46.9 Å². The highest BCUT2D eigenvalue weighted by Gasteiger charge is 2.32. The number of amides is 1. The Morgan fingerprint density at radius 1 is 1.32 bits per heavy atom. The van der Waals surface area contributed by atoms with Crippen molar-refractivity contribution in [2.75, 3.05) is 13.1 Å². The van der Waals surface area contributed by atoms with Gasteiger partial charge < -0.3 is 9.47 Å². The molecule has 22 heavy (non-hydrogen) atoms. The number of halogens is 1. The number of fused-ring (bicyclic) bond motifs is 1. The Hall–Kier alpha value is -2.17. The first-order chi connectivity index (χ1) is 10.5. The van der Waals surface area contributed by atoms with Gasteiger partial charge in [0, 0.05) is 18.1 Å². The minimum Gasteiger partial charge on any atom is -0.338 e. The van der Waals surface area contributed by atoms with Crippen LogP contribution >= 0.6 is 0 Å². The summed E-state index contributed by atoms with van der Waals surface area (Å²) in [5.41, 5.74) is -1.52. The molecule has 2 aromatic rings. The van der Waals surface area contributed by atoms with Gasteiger partial charge in [0.05, 0.1) is 6.54 Å². The quantitative estimate of drug-likeness (QED) is 0.854. The van der Waals surface area contributed by atoms with E-state index in [2.05, 4.69) is 0 Å². The van der Waals surface area contributed by atoms with Crippen LogP contribution in [0, 0.1) is 0 Å². The van der Waals surface area contributed by atoms with Crippen LogP contribution in [0.1, 0.15) is 19.8 Å². The molecule has 0 radical (unpaired) electrons. The Kier molecular flexibility index (Phi) is 3.72. The van der Waals surface area contributed by atoms with Gasteiger partial charge in [-0.05, 0) is 37.3 Å². The zero-order chi connectivity index (χ0) is 15.7. The third kappa shape index (κ3) is 2.89. The molecule has 5 heteroatoms. The summed E-state index contributed by atoms with van der Waals surface area (Å²) in [4.78, 5) is 26.3. The highest BCUT2D eigenvalue weighted by Crippen LogP contribution is 2.24. The van der Waals surface area contributed by atoms with E-state index in [-0.39, 0.29) is 24.6 Å². The van der Waals surface area contributed by atoms with Gasteiger partial charge in [-0.1, -0.05) is 18.2 Å². The monoisotopic (exact) mass is 302 g/mol. The number of nitrogens with zero attached hydrogens (tertiary/aromatic N) is 2. The van der Waals surface area contributed by atoms with Crippen LogP contribution in [-0.4, -0.2) is 34.1 Å². The Bertz CT molecular complexity index is 767. The SMILES string of the molecule is CC1(F)CCCN(C(=O)Cn2ccc3ccccc3c2=O)C1. The molecule has 1 aliphatic heterocycles. The van der Waals surface area contributed by atoms with E-state index in [1.165, 1.54) is 16.4 Å². The Labute approximate surface area is 128 Å². The molecular weight excluding hydrogens is 283 g/mol. The van der Waals surface area contributed by atoms with Crippen molar-refractivity contribution in [2.45, 2.75) is 32.0 Å². The summed E-state index contributed by atoms with van der Waals surface area (Å²) in [7, 11) is 0. The zero-order valence-electron chi connectivity index (χ0n) is 12.6. The van der Waals surface area contributed by atoms with E-state index in [9.17, 15) is 14.0 Å². The van der Waals surface area contributed by atoms with E-state index in [1.54, 1.807) is 18.3 Å². The summed E-state index contributed by atoms with van der Waals surface area (Å²) >= 11 is 0. The predicted octanol–water partition coefficient (Wildman–Crippen LogP) is 2.35. The highest BCUT2D eigenvalue weighted by atomic mass is 19.1.